The highest BCUT2D eigenvalue weighted by Crippen LogP contribution is 2.42. The lowest BCUT2D eigenvalue weighted by molar-refractivity contribution is -0.126. The van der Waals surface area contributed by atoms with Gasteiger partial charge in [-0.05, 0) is 38.3 Å². The van der Waals surface area contributed by atoms with Crippen LogP contribution in [0.5, 0.6) is 0 Å². The van der Waals surface area contributed by atoms with E-state index >= 15 is 0 Å². The SMILES string of the molecule is CCOCCC1(C(=O)Nc2ccncc2)CCCC1. The van der Waals surface area contributed by atoms with Gasteiger partial charge < -0.3 is 10.1 Å². The highest BCUT2D eigenvalue weighted by molar-refractivity contribution is 5.95. The first-order valence-electron chi connectivity index (χ1n) is 7.06. The maximum Gasteiger partial charge on any atom is 0.230 e. The molecule has 0 bridgehead atoms. The number of ether oxygens (including phenoxy) is 1. The van der Waals surface area contributed by atoms with Gasteiger partial charge in [0.05, 0.1) is 5.41 Å². The number of amides is 1. The van der Waals surface area contributed by atoms with Gasteiger partial charge in [-0.15, -0.1) is 0 Å². The molecule has 1 aliphatic carbocycles. The molecule has 2 rings (SSSR count). The molecule has 4 nitrogen and oxygen atoms in total. The first kappa shape index (κ1) is 14.0. The van der Waals surface area contributed by atoms with E-state index < -0.39 is 0 Å². The molecular formula is C15H22N2O2. The summed E-state index contributed by atoms with van der Waals surface area (Å²) >= 11 is 0. The molecule has 1 fully saturated rings. The third kappa shape index (κ3) is 3.53. The van der Waals surface area contributed by atoms with Crippen molar-refractivity contribution in [3.8, 4) is 0 Å². The Morgan fingerprint density at radius 2 is 2.05 bits per heavy atom. The van der Waals surface area contributed by atoms with Crippen molar-refractivity contribution in [2.45, 2.75) is 39.0 Å². The summed E-state index contributed by atoms with van der Waals surface area (Å²) in [6.07, 6.45) is 8.41. The van der Waals surface area contributed by atoms with Crippen LogP contribution in [0.25, 0.3) is 0 Å². The normalized spacial score (nSPS) is 17.3. The summed E-state index contributed by atoms with van der Waals surface area (Å²) in [4.78, 5) is 16.5. The van der Waals surface area contributed by atoms with Crippen LogP contribution < -0.4 is 5.32 Å². The summed E-state index contributed by atoms with van der Waals surface area (Å²) in [5, 5.41) is 3.02. The van der Waals surface area contributed by atoms with Crippen molar-refractivity contribution in [1.29, 1.82) is 0 Å². The van der Waals surface area contributed by atoms with Gasteiger partial charge >= 0.3 is 0 Å². The summed E-state index contributed by atoms with van der Waals surface area (Å²) in [7, 11) is 0. The number of nitrogens with zero attached hydrogens (tertiary/aromatic N) is 1. The van der Waals surface area contributed by atoms with E-state index in [1.165, 1.54) is 0 Å². The molecule has 0 spiro atoms. The largest absolute Gasteiger partial charge is 0.382 e. The van der Waals surface area contributed by atoms with Crippen LogP contribution >= 0.6 is 0 Å². The molecule has 19 heavy (non-hydrogen) atoms. The number of rotatable bonds is 6. The van der Waals surface area contributed by atoms with Crippen LogP contribution in [-0.2, 0) is 9.53 Å². The van der Waals surface area contributed by atoms with Crippen LogP contribution in [-0.4, -0.2) is 24.1 Å². The van der Waals surface area contributed by atoms with Crippen molar-refractivity contribution in [3.63, 3.8) is 0 Å². The van der Waals surface area contributed by atoms with Crippen LogP contribution in [0.4, 0.5) is 5.69 Å². The van der Waals surface area contributed by atoms with E-state index in [9.17, 15) is 4.79 Å². The molecular weight excluding hydrogens is 240 g/mol. The molecule has 0 aliphatic heterocycles. The highest BCUT2D eigenvalue weighted by Gasteiger charge is 2.40. The second kappa shape index (κ2) is 6.66. The number of pyridine rings is 1. The van der Waals surface area contributed by atoms with E-state index in [2.05, 4.69) is 10.3 Å². The zero-order chi connectivity index (χ0) is 13.6. The predicted molar refractivity (Wildman–Crippen MR) is 74.9 cm³/mol. The minimum Gasteiger partial charge on any atom is -0.382 e. The third-order valence-corrected chi connectivity index (χ3v) is 3.91. The van der Waals surface area contributed by atoms with E-state index in [4.69, 9.17) is 4.74 Å². The Balaban J connectivity index is 2.00. The molecule has 0 radical (unpaired) electrons. The Morgan fingerprint density at radius 1 is 1.37 bits per heavy atom. The second-order valence-electron chi connectivity index (χ2n) is 5.12. The van der Waals surface area contributed by atoms with Crippen LogP contribution in [0.15, 0.2) is 24.5 Å². The van der Waals surface area contributed by atoms with Crippen molar-refractivity contribution in [1.82, 2.24) is 4.98 Å². The number of hydrogen-bond acceptors (Lipinski definition) is 3. The van der Waals surface area contributed by atoms with Gasteiger partial charge in [0.2, 0.25) is 5.91 Å². The standard InChI is InChI=1S/C15H22N2O2/c1-2-19-12-9-15(7-3-4-8-15)14(18)17-13-5-10-16-11-6-13/h5-6,10-11H,2-4,7-9,12H2,1H3,(H,16,17,18). The Hall–Kier alpha value is -1.42. The van der Waals surface area contributed by atoms with Crippen molar-refractivity contribution in [2.24, 2.45) is 5.41 Å². The van der Waals surface area contributed by atoms with Crippen LogP contribution in [0.2, 0.25) is 0 Å². The van der Waals surface area contributed by atoms with Crippen molar-refractivity contribution in [2.75, 3.05) is 18.5 Å². The smallest absolute Gasteiger partial charge is 0.230 e. The van der Waals surface area contributed by atoms with E-state index in [-0.39, 0.29) is 11.3 Å². The quantitative estimate of drug-likeness (QED) is 0.802. The lowest BCUT2D eigenvalue weighted by Gasteiger charge is -2.27. The lowest BCUT2D eigenvalue weighted by Crippen LogP contribution is -2.35. The van der Waals surface area contributed by atoms with Gasteiger partial charge in [-0.3, -0.25) is 9.78 Å². The van der Waals surface area contributed by atoms with Crippen LogP contribution in [0.1, 0.15) is 39.0 Å². The van der Waals surface area contributed by atoms with Gasteiger partial charge in [0.25, 0.3) is 0 Å². The number of carbonyl (C=O) groups excluding carboxylic acids is 1. The minimum atomic E-state index is -0.238. The Kier molecular flexibility index (Phi) is 4.91. The van der Waals surface area contributed by atoms with E-state index in [0.717, 1.165) is 37.8 Å². The molecule has 1 N–H and O–H groups in total. The molecule has 0 atom stereocenters. The maximum absolute atomic E-state index is 12.5. The molecule has 104 valence electrons. The van der Waals surface area contributed by atoms with Gasteiger partial charge in [-0.25, -0.2) is 0 Å². The number of anilines is 1. The molecule has 1 aromatic rings. The van der Waals surface area contributed by atoms with Gasteiger partial charge in [0, 0.05) is 31.3 Å². The Bertz CT molecular complexity index is 400. The van der Waals surface area contributed by atoms with Gasteiger partial charge in [0.1, 0.15) is 0 Å². The fourth-order valence-electron chi connectivity index (χ4n) is 2.75. The van der Waals surface area contributed by atoms with E-state index in [0.29, 0.717) is 13.2 Å². The number of aromatic nitrogens is 1. The molecule has 4 heteroatoms. The third-order valence-electron chi connectivity index (χ3n) is 3.91. The van der Waals surface area contributed by atoms with Crippen LogP contribution in [0, 0.1) is 5.41 Å². The highest BCUT2D eigenvalue weighted by atomic mass is 16.5. The fraction of sp³-hybridized carbons (Fsp3) is 0.600. The van der Waals surface area contributed by atoms with E-state index in [1.807, 2.05) is 19.1 Å². The molecule has 1 amide bonds. The zero-order valence-corrected chi connectivity index (χ0v) is 11.5. The average Bonchev–Trinajstić information content (AvgIpc) is 2.90. The summed E-state index contributed by atoms with van der Waals surface area (Å²) in [5.41, 5.74) is 0.584. The molecule has 1 heterocycles. The van der Waals surface area contributed by atoms with Crippen molar-refractivity contribution in [3.05, 3.63) is 24.5 Å². The van der Waals surface area contributed by atoms with E-state index in [1.54, 1.807) is 12.4 Å². The maximum atomic E-state index is 12.5. The topological polar surface area (TPSA) is 51.2 Å². The molecule has 1 aromatic heterocycles. The first-order valence-corrected chi connectivity index (χ1v) is 7.06. The summed E-state index contributed by atoms with van der Waals surface area (Å²) in [5.74, 6) is 0.135. The minimum absolute atomic E-state index is 0.135. The van der Waals surface area contributed by atoms with Crippen LogP contribution in [0.3, 0.4) is 0 Å². The summed E-state index contributed by atoms with van der Waals surface area (Å²) in [6.45, 7) is 3.36. The van der Waals surface area contributed by atoms with Gasteiger partial charge in [0.15, 0.2) is 0 Å². The Labute approximate surface area is 114 Å². The number of nitrogens with one attached hydrogen (secondary N) is 1. The zero-order valence-electron chi connectivity index (χ0n) is 11.5. The van der Waals surface area contributed by atoms with Gasteiger partial charge in [-0.1, -0.05) is 12.8 Å². The number of hydrogen-bond donors (Lipinski definition) is 1. The predicted octanol–water partition coefficient (Wildman–Crippen LogP) is 3.01. The summed E-state index contributed by atoms with van der Waals surface area (Å²) < 4.78 is 5.43. The first-order chi connectivity index (χ1) is 9.27. The fourth-order valence-corrected chi connectivity index (χ4v) is 2.75. The second-order valence-corrected chi connectivity index (χ2v) is 5.12. The van der Waals surface area contributed by atoms with Gasteiger partial charge in [-0.2, -0.15) is 0 Å². The van der Waals surface area contributed by atoms with Crippen molar-refractivity contribution < 1.29 is 9.53 Å². The monoisotopic (exact) mass is 262 g/mol. The Morgan fingerprint density at radius 3 is 2.68 bits per heavy atom. The lowest BCUT2D eigenvalue weighted by atomic mass is 9.82. The summed E-state index contributed by atoms with van der Waals surface area (Å²) in [6, 6.07) is 3.65. The average molecular weight is 262 g/mol. The molecule has 1 aliphatic rings. The van der Waals surface area contributed by atoms with Crippen molar-refractivity contribution >= 4 is 11.6 Å². The molecule has 1 saturated carbocycles. The molecule has 0 aromatic carbocycles. The molecule has 0 saturated heterocycles. The molecule has 0 unspecified atom stereocenters. The number of carbonyl (C=O) groups is 1.